The van der Waals surface area contributed by atoms with Gasteiger partial charge >= 0.3 is 0 Å². The molecule has 39 heavy (non-hydrogen) atoms. The summed E-state index contributed by atoms with van der Waals surface area (Å²) in [6.07, 6.45) is 4.72. The number of carbonyl (C=O) groups is 2. The fourth-order valence-corrected chi connectivity index (χ4v) is 7.96. The number of hydrogen-bond acceptors (Lipinski definition) is 7. The Kier molecular flexibility index (Phi) is 7.40. The van der Waals surface area contributed by atoms with E-state index in [2.05, 4.69) is 50.3 Å². The number of carbonyl (C=O) groups excluding carboxylic acids is 2. The number of ether oxygens (including phenoxy) is 2. The van der Waals surface area contributed by atoms with Gasteiger partial charge in [0.1, 0.15) is 19.3 Å². The minimum Gasteiger partial charge on any atom is -0.504 e. The van der Waals surface area contributed by atoms with Crippen LogP contribution in [0, 0.1) is 5.92 Å². The van der Waals surface area contributed by atoms with E-state index in [-0.39, 0.29) is 48.4 Å². The molecule has 2 aliphatic heterocycles. The lowest BCUT2D eigenvalue weighted by Gasteiger charge is -2.63. The first-order chi connectivity index (χ1) is 18.5. The van der Waals surface area contributed by atoms with Crippen molar-refractivity contribution in [3.05, 3.63) is 23.3 Å². The lowest BCUT2D eigenvalue weighted by atomic mass is 9.48. The number of piperidine rings is 1. The van der Waals surface area contributed by atoms with Gasteiger partial charge in [0.25, 0.3) is 0 Å². The molecule has 1 spiro atoms. The number of rotatable bonds is 10. The smallest absolute Gasteiger partial charge is 0.246 e. The maximum atomic E-state index is 13.0. The number of aromatic hydroxyl groups is 1. The van der Waals surface area contributed by atoms with E-state index in [1.807, 2.05) is 6.07 Å². The fourth-order valence-electron chi connectivity index (χ4n) is 7.96. The third-order valence-corrected chi connectivity index (χ3v) is 10.3. The topological polar surface area (TPSA) is 120 Å². The van der Waals surface area contributed by atoms with Crippen molar-refractivity contribution in [1.29, 1.82) is 0 Å². The average molecular weight is 544 g/mol. The summed E-state index contributed by atoms with van der Waals surface area (Å²) < 4.78 is 11.9. The average Bonchev–Trinajstić information content (AvgIpc) is 3.25. The van der Waals surface area contributed by atoms with Gasteiger partial charge in [0.2, 0.25) is 11.8 Å². The summed E-state index contributed by atoms with van der Waals surface area (Å²) in [5.41, 5.74) is 0.0147. The molecule has 4 aliphatic rings. The van der Waals surface area contributed by atoms with Crippen LogP contribution in [0.3, 0.4) is 0 Å². The lowest BCUT2D eigenvalue weighted by molar-refractivity contribution is -0.187. The standard InChI is InChI=1S/C30H45N3O6/c1-6-18(3)15-28(4,7-2)32-24(36)17-38-16-23(35)31-20-10-11-30(37)22-14-19-8-9-21(34)26-25(19)29(30,27(20)39-26)12-13-33(22)5/h8-9,18,20,22,27,34,37H,6-7,10-17H2,1-5H3,(H,31,35)(H,32,36). The zero-order valence-electron chi connectivity index (χ0n) is 24.0. The molecule has 1 aromatic carbocycles. The molecule has 9 nitrogen and oxygen atoms in total. The predicted molar refractivity (Wildman–Crippen MR) is 147 cm³/mol. The quantitative estimate of drug-likeness (QED) is 0.358. The summed E-state index contributed by atoms with van der Waals surface area (Å²) >= 11 is 0. The monoisotopic (exact) mass is 543 g/mol. The number of phenols is 1. The van der Waals surface area contributed by atoms with Gasteiger partial charge in [-0.25, -0.2) is 0 Å². The van der Waals surface area contributed by atoms with Crippen LogP contribution in [-0.2, 0) is 26.2 Å². The van der Waals surface area contributed by atoms with Gasteiger partial charge in [-0.15, -0.1) is 0 Å². The van der Waals surface area contributed by atoms with E-state index in [1.165, 1.54) is 0 Å². The van der Waals surface area contributed by atoms with E-state index in [0.29, 0.717) is 37.4 Å². The molecule has 9 heteroatoms. The van der Waals surface area contributed by atoms with E-state index in [0.717, 1.165) is 36.9 Å². The van der Waals surface area contributed by atoms with Crippen molar-refractivity contribution in [1.82, 2.24) is 15.5 Å². The molecular formula is C30H45N3O6. The number of benzene rings is 1. The van der Waals surface area contributed by atoms with Crippen LogP contribution < -0.4 is 15.4 Å². The molecule has 2 aliphatic carbocycles. The molecule has 7 atom stereocenters. The number of likely N-dealkylation sites (tertiary alicyclic amines) is 1. The van der Waals surface area contributed by atoms with Gasteiger partial charge in [-0.05, 0) is 76.6 Å². The predicted octanol–water partition coefficient (Wildman–Crippen LogP) is 2.40. The number of nitrogens with zero attached hydrogens (tertiary/aromatic N) is 1. The second-order valence-electron chi connectivity index (χ2n) is 12.7. The van der Waals surface area contributed by atoms with Crippen LogP contribution in [0.2, 0.25) is 0 Å². The molecule has 7 unspecified atom stereocenters. The number of hydrogen-bond donors (Lipinski definition) is 4. The SMILES string of the molecule is CCC(C)CC(C)(CC)NC(=O)COCC(=O)NC1CCC2(O)C3Cc4ccc(O)c5c4C2(CCN3C)C1O5. The molecule has 0 radical (unpaired) electrons. The van der Waals surface area contributed by atoms with Gasteiger partial charge in [0.05, 0.1) is 17.1 Å². The Labute approximate surface area is 231 Å². The van der Waals surface area contributed by atoms with Crippen molar-refractivity contribution in [2.24, 2.45) is 5.92 Å². The third kappa shape index (κ3) is 4.50. The molecule has 2 amide bonds. The Morgan fingerprint density at radius 1 is 1.26 bits per heavy atom. The van der Waals surface area contributed by atoms with Gasteiger partial charge in [0, 0.05) is 17.1 Å². The van der Waals surface area contributed by atoms with Crippen molar-refractivity contribution in [2.75, 3.05) is 26.8 Å². The Bertz CT molecular complexity index is 1130. The highest BCUT2D eigenvalue weighted by Crippen LogP contribution is 2.65. The van der Waals surface area contributed by atoms with Crippen LogP contribution in [0.4, 0.5) is 0 Å². The van der Waals surface area contributed by atoms with Gasteiger partial charge < -0.3 is 35.2 Å². The number of amides is 2. The molecule has 2 heterocycles. The van der Waals surface area contributed by atoms with Crippen molar-refractivity contribution in [3.8, 4) is 11.5 Å². The van der Waals surface area contributed by atoms with Crippen LogP contribution in [0.25, 0.3) is 0 Å². The molecule has 4 N–H and O–H groups in total. The summed E-state index contributed by atoms with van der Waals surface area (Å²) in [5.74, 6) is 0.472. The number of likely N-dealkylation sites (N-methyl/N-ethyl adjacent to an activating group) is 1. The van der Waals surface area contributed by atoms with Gasteiger partial charge in [0.15, 0.2) is 11.5 Å². The Morgan fingerprint density at radius 2 is 2.00 bits per heavy atom. The molecular weight excluding hydrogens is 498 g/mol. The maximum absolute atomic E-state index is 13.0. The second kappa shape index (κ2) is 10.2. The van der Waals surface area contributed by atoms with Crippen LogP contribution in [0.5, 0.6) is 11.5 Å². The molecule has 2 fully saturated rings. The lowest BCUT2D eigenvalue weighted by Crippen LogP contribution is -2.77. The zero-order chi connectivity index (χ0) is 28.2. The second-order valence-corrected chi connectivity index (χ2v) is 12.7. The first-order valence-corrected chi connectivity index (χ1v) is 14.6. The first kappa shape index (κ1) is 28.2. The van der Waals surface area contributed by atoms with Crippen LogP contribution >= 0.6 is 0 Å². The van der Waals surface area contributed by atoms with Gasteiger partial charge in [-0.3, -0.25) is 9.59 Å². The molecule has 1 aromatic rings. The van der Waals surface area contributed by atoms with Crippen molar-refractivity contribution < 1.29 is 29.3 Å². The van der Waals surface area contributed by atoms with E-state index in [4.69, 9.17) is 9.47 Å². The van der Waals surface area contributed by atoms with Crippen LogP contribution in [-0.4, -0.2) is 83.1 Å². The van der Waals surface area contributed by atoms with E-state index in [9.17, 15) is 19.8 Å². The molecule has 216 valence electrons. The molecule has 2 bridgehead atoms. The Balaban J connectivity index is 1.24. The van der Waals surface area contributed by atoms with Gasteiger partial charge in [-0.1, -0.05) is 33.3 Å². The zero-order valence-corrected chi connectivity index (χ0v) is 24.0. The fraction of sp³-hybridized carbons (Fsp3) is 0.733. The Morgan fingerprint density at radius 3 is 2.72 bits per heavy atom. The van der Waals surface area contributed by atoms with Crippen molar-refractivity contribution in [2.45, 2.75) is 107 Å². The van der Waals surface area contributed by atoms with E-state index < -0.39 is 17.1 Å². The first-order valence-electron chi connectivity index (χ1n) is 14.6. The summed E-state index contributed by atoms with van der Waals surface area (Å²) in [4.78, 5) is 27.8. The molecule has 1 saturated heterocycles. The molecule has 5 rings (SSSR count). The van der Waals surface area contributed by atoms with E-state index in [1.54, 1.807) is 6.07 Å². The highest BCUT2D eigenvalue weighted by molar-refractivity contribution is 5.80. The number of aliphatic hydroxyl groups is 1. The minimum absolute atomic E-state index is 0.0482. The van der Waals surface area contributed by atoms with Crippen LogP contribution in [0.1, 0.15) is 77.3 Å². The van der Waals surface area contributed by atoms with E-state index >= 15 is 0 Å². The third-order valence-electron chi connectivity index (χ3n) is 10.3. The summed E-state index contributed by atoms with van der Waals surface area (Å²) in [6.45, 7) is 8.81. The largest absolute Gasteiger partial charge is 0.504 e. The maximum Gasteiger partial charge on any atom is 0.246 e. The Hall–Kier alpha value is -2.36. The van der Waals surface area contributed by atoms with Crippen LogP contribution in [0.15, 0.2) is 12.1 Å². The normalized spacial score (nSPS) is 32.9. The van der Waals surface area contributed by atoms with Crippen molar-refractivity contribution in [3.63, 3.8) is 0 Å². The summed E-state index contributed by atoms with van der Waals surface area (Å²) in [6, 6.07) is 3.21. The highest BCUT2D eigenvalue weighted by atomic mass is 16.5. The number of nitrogens with one attached hydrogen (secondary N) is 2. The van der Waals surface area contributed by atoms with Gasteiger partial charge in [-0.2, -0.15) is 0 Å². The molecule has 1 saturated carbocycles. The summed E-state index contributed by atoms with van der Waals surface area (Å²) in [5, 5.41) is 29.1. The highest BCUT2D eigenvalue weighted by Gasteiger charge is 2.72. The van der Waals surface area contributed by atoms with Crippen molar-refractivity contribution >= 4 is 11.8 Å². The number of phenolic OH excluding ortho intramolecular Hbond substituents is 1. The minimum atomic E-state index is -1.01. The summed E-state index contributed by atoms with van der Waals surface area (Å²) in [7, 11) is 2.06. The molecule has 0 aromatic heterocycles.